The van der Waals surface area contributed by atoms with E-state index in [0.29, 0.717) is 6.04 Å². The molecule has 1 unspecified atom stereocenters. The molecule has 0 saturated heterocycles. The van der Waals surface area contributed by atoms with Crippen molar-refractivity contribution in [2.45, 2.75) is 44.6 Å². The van der Waals surface area contributed by atoms with Gasteiger partial charge in [0.2, 0.25) is 0 Å². The van der Waals surface area contributed by atoms with Crippen LogP contribution in [0.15, 0.2) is 24.3 Å². The fourth-order valence-electron chi connectivity index (χ4n) is 3.02. The first kappa shape index (κ1) is 13.4. The average molecular weight is 247 g/mol. The van der Waals surface area contributed by atoms with Gasteiger partial charge in [0.1, 0.15) is 5.75 Å². The number of rotatable bonds is 6. The third-order valence-corrected chi connectivity index (χ3v) is 4.20. The molecule has 0 aromatic heterocycles. The lowest BCUT2D eigenvalue weighted by Crippen LogP contribution is -2.17. The Balaban J connectivity index is 1.89. The van der Waals surface area contributed by atoms with Crippen molar-refractivity contribution in [1.82, 2.24) is 5.32 Å². The summed E-state index contributed by atoms with van der Waals surface area (Å²) in [6, 6.07) is 8.94. The molecule has 1 N–H and O–H groups in total. The van der Waals surface area contributed by atoms with Crippen LogP contribution < -0.4 is 10.1 Å². The fraction of sp³-hybridized carbons (Fsp3) is 0.625. The highest BCUT2D eigenvalue weighted by Crippen LogP contribution is 2.31. The number of ether oxygens (including phenoxy) is 1. The van der Waals surface area contributed by atoms with Gasteiger partial charge < -0.3 is 10.1 Å². The molecule has 100 valence electrons. The Morgan fingerprint density at radius 3 is 2.44 bits per heavy atom. The van der Waals surface area contributed by atoms with Crippen molar-refractivity contribution in [1.29, 1.82) is 0 Å². The lowest BCUT2D eigenvalue weighted by atomic mass is 9.95. The summed E-state index contributed by atoms with van der Waals surface area (Å²) in [5.74, 6) is 1.91. The van der Waals surface area contributed by atoms with E-state index < -0.39 is 0 Å². The summed E-state index contributed by atoms with van der Waals surface area (Å²) >= 11 is 0. The molecule has 0 aliphatic heterocycles. The van der Waals surface area contributed by atoms with Crippen molar-refractivity contribution in [3.05, 3.63) is 29.8 Å². The van der Waals surface area contributed by atoms with E-state index in [1.807, 2.05) is 0 Å². The number of hydrogen-bond donors (Lipinski definition) is 1. The minimum Gasteiger partial charge on any atom is -0.497 e. The quantitative estimate of drug-likeness (QED) is 0.822. The van der Waals surface area contributed by atoms with E-state index in [4.69, 9.17) is 4.74 Å². The molecule has 1 aliphatic rings. The van der Waals surface area contributed by atoms with Gasteiger partial charge in [-0.1, -0.05) is 37.8 Å². The fourth-order valence-corrected chi connectivity index (χ4v) is 3.02. The molecule has 1 aromatic carbocycles. The molecule has 2 heteroatoms. The zero-order chi connectivity index (χ0) is 12.8. The van der Waals surface area contributed by atoms with Crippen LogP contribution in [0.2, 0.25) is 0 Å². The van der Waals surface area contributed by atoms with Crippen LogP contribution in [-0.4, -0.2) is 14.2 Å². The summed E-state index contributed by atoms with van der Waals surface area (Å²) < 4.78 is 5.20. The Hall–Kier alpha value is -1.02. The highest BCUT2D eigenvalue weighted by atomic mass is 16.5. The number of methoxy groups -OCH3 is 1. The third-order valence-electron chi connectivity index (χ3n) is 4.20. The van der Waals surface area contributed by atoms with E-state index in [9.17, 15) is 0 Å². The Morgan fingerprint density at radius 1 is 1.22 bits per heavy atom. The smallest absolute Gasteiger partial charge is 0.118 e. The van der Waals surface area contributed by atoms with Crippen LogP contribution in [0.4, 0.5) is 0 Å². The summed E-state index contributed by atoms with van der Waals surface area (Å²) in [6.07, 6.45) is 8.37. The maximum Gasteiger partial charge on any atom is 0.118 e. The van der Waals surface area contributed by atoms with Crippen LogP contribution in [0.3, 0.4) is 0 Å². The van der Waals surface area contributed by atoms with Crippen LogP contribution in [0.1, 0.15) is 50.1 Å². The molecule has 0 radical (unpaired) electrons. The second-order valence-corrected chi connectivity index (χ2v) is 5.34. The van der Waals surface area contributed by atoms with Gasteiger partial charge in [0, 0.05) is 6.04 Å². The summed E-state index contributed by atoms with van der Waals surface area (Å²) in [4.78, 5) is 0. The first-order valence-electron chi connectivity index (χ1n) is 7.14. The zero-order valence-electron chi connectivity index (χ0n) is 11.6. The standard InChI is InChI=1S/C16H25NO/c1-17-16(12-7-13-5-3-4-6-13)14-8-10-15(18-2)11-9-14/h8-11,13,16-17H,3-7,12H2,1-2H3. The summed E-state index contributed by atoms with van der Waals surface area (Å²) in [5, 5.41) is 3.44. The van der Waals surface area contributed by atoms with Crippen molar-refractivity contribution in [3.63, 3.8) is 0 Å². The minimum atomic E-state index is 0.483. The molecule has 0 spiro atoms. The summed E-state index contributed by atoms with van der Waals surface area (Å²) in [7, 11) is 3.77. The molecule has 1 aromatic rings. The van der Waals surface area contributed by atoms with Gasteiger partial charge in [-0.15, -0.1) is 0 Å². The topological polar surface area (TPSA) is 21.3 Å². The van der Waals surface area contributed by atoms with E-state index >= 15 is 0 Å². The van der Waals surface area contributed by atoms with E-state index in [1.165, 1.54) is 44.1 Å². The van der Waals surface area contributed by atoms with E-state index in [0.717, 1.165) is 11.7 Å². The monoisotopic (exact) mass is 247 g/mol. The Morgan fingerprint density at radius 2 is 1.89 bits per heavy atom. The lowest BCUT2D eigenvalue weighted by molar-refractivity contribution is 0.412. The van der Waals surface area contributed by atoms with Crippen LogP contribution in [0, 0.1) is 5.92 Å². The molecule has 0 heterocycles. The lowest BCUT2D eigenvalue weighted by Gasteiger charge is -2.19. The Kier molecular flexibility index (Phi) is 5.06. The molecule has 1 fully saturated rings. The number of hydrogen-bond acceptors (Lipinski definition) is 2. The molecule has 1 atom stereocenters. The number of nitrogens with one attached hydrogen (secondary N) is 1. The SMILES string of the molecule is CNC(CCC1CCCC1)c1ccc(OC)cc1. The summed E-state index contributed by atoms with van der Waals surface area (Å²) in [5.41, 5.74) is 1.37. The van der Waals surface area contributed by atoms with Crippen LogP contribution in [-0.2, 0) is 0 Å². The second kappa shape index (κ2) is 6.79. The summed E-state index contributed by atoms with van der Waals surface area (Å²) in [6.45, 7) is 0. The van der Waals surface area contributed by atoms with Gasteiger partial charge in [-0.05, 0) is 43.5 Å². The van der Waals surface area contributed by atoms with Gasteiger partial charge in [-0.3, -0.25) is 0 Å². The predicted octanol–water partition coefficient (Wildman–Crippen LogP) is 3.93. The first-order chi connectivity index (χ1) is 8.83. The number of benzene rings is 1. The Bertz CT molecular complexity index is 341. The molecule has 1 saturated carbocycles. The van der Waals surface area contributed by atoms with E-state index in [2.05, 4.69) is 36.6 Å². The molecule has 2 rings (SSSR count). The van der Waals surface area contributed by atoms with Gasteiger partial charge in [-0.25, -0.2) is 0 Å². The van der Waals surface area contributed by atoms with E-state index in [-0.39, 0.29) is 0 Å². The highest BCUT2D eigenvalue weighted by molar-refractivity contribution is 5.29. The molecule has 1 aliphatic carbocycles. The Labute approximate surface area is 111 Å². The average Bonchev–Trinajstić information content (AvgIpc) is 2.93. The maximum atomic E-state index is 5.20. The van der Waals surface area contributed by atoms with Crippen LogP contribution >= 0.6 is 0 Å². The minimum absolute atomic E-state index is 0.483. The molecular weight excluding hydrogens is 222 g/mol. The van der Waals surface area contributed by atoms with Gasteiger partial charge in [0.25, 0.3) is 0 Å². The van der Waals surface area contributed by atoms with Crippen molar-refractivity contribution < 1.29 is 4.74 Å². The molecule has 18 heavy (non-hydrogen) atoms. The van der Waals surface area contributed by atoms with Crippen LogP contribution in [0.25, 0.3) is 0 Å². The molecule has 0 amide bonds. The van der Waals surface area contributed by atoms with Gasteiger partial charge in [0.15, 0.2) is 0 Å². The van der Waals surface area contributed by atoms with Crippen molar-refractivity contribution in [2.75, 3.05) is 14.2 Å². The molecule has 2 nitrogen and oxygen atoms in total. The van der Waals surface area contributed by atoms with Gasteiger partial charge in [-0.2, -0.15) is 0 Å². The first-order valence-corrected chi connectivity index (χ1v) is 7.14. The van der Waals surface area contributed by atoms with E-state index in [1.54, 1.807) is 7.11 Å². The predicted molar refractivity (Wildman–Crippen MR) is 76.0 cm³/mol. The molecule has 0 bridgehead atoms. The maximum absolute atomic E-state index is 5.20. The third kappa shape index (κ3) is 3.49. The highest BCUT2D eigenvalue weighted by Gasteiger charge is 2.17. The van der Waals surface area contributed by atoms with Crippen molar-refractivity contribution in [2.24, 2.45) is 5.92 Å². The molecular formula is C16H25NO. The van der Waals surface area contributed by atoms with Crippen molar-refractivity contribution in [3.8, 4) is 5.75 Å². The zero-order valence-corrected chi connectivity index (χ0v) is 11.6. The van der Waals surface area contributed by atoms with Crippen molar-refractivity contribution >= 4 is 0 Å². The second-order valence-electron chi connectivity index (χ2n) is 5.34. The largest absolute Gasteiger partial charge is 0.497 e. The normalized spacial score (nSPS) is 17.9. The van der Waals surface area contributed by atoms with Gasteiger partial charge >= 0.3 is 0 Å². The van der Waals surface area contributed by atoms with Crippen LogP contribution in [0.5, 0.6) is 5.75 Å². The van der Waals surface area contributed by atoms with Gasteiger partial charge in [0.05, 0.1) is 7.11 Å².